The molecule has 1 aromatic carbocycles. The molecule has 0 unspecified atom stereocenters. The van der Waals surface area contributed by atoms with Crippen LogP contribution >= 0.6 is 23.2 Å². The Morgan fingerprint density at radius 3 is 2.44 bits per heavy atom. The van der Waals surface area contributed by atoms with Crippen LogP contribution in [0.1, 0.15) is 13.8 Å². The van der Waals surface area contributed by atoms with E-state index in [1.807, 2.05) is 0 Å². The molecule has 0 saturated heterocycles. The molecule has 0 spiro atoms. The number of benzene rings is 1. The molecule has 1 rings (SSSR count). The summed E-state index contributed by atoms with van der Waals surface area (Å²) < 4.78 is 5.03. The fourth-order valence-electron chi connectivity index (χ4n) is 1.15. The van der Waals surface area contributed by atoms with Gasteiger partial charge in [0.25, 0.3) is 0 Å². The summed E-state index contributed by atoms with van der Waals surface area (Å²) in [4.78, 5) is 0. The lowest BCUT2D eigenvalue weighted by atomic mass is 10.1. The smallest absolute Gasteiger partial charge is 0.139 e. The van der Waals surface area contributed by atoms with Crippen molar-refractivity contribution in [2.75, 3.05) is 12.4 Å². The van der Waals surface area contributed by atoms with Crippen molar-refractivity contribution >= 4 is 28.9 Å². The second kappa shape index (κ2) is 4.82. The summed E-state index contributed by atoms with van der Waals surface area (Å²) in [6.07, 6.45) is 0. The van der Waals surface area contributed by atoms with Crippen LogP contribution in [-0.2, 0) is 0 Å². The zero-order chi connectivity index (χ0) is 12.3. The van der Waals surface area contributed by atoms with Crippen LogP contribution in [0.4, 0.5) is 5.69 Å². The Morgan fingerprint density at radius 1 is 1.31 bits per heavy atom. The largest absolute Gasteiger partial charge is 0.495 e. The Labute approximate surface area is 105 Å². The summed E-state index contributed by atoms with van der Waals surface area (Å²) in [5.74, 6) is 0.506. The SMILES string of the molecule is COc1cc(Cl)c(NC(C)(C)C#N)cc1Cl. The van der Waals surface area contributed by atoms with E-state index in [2.05, 4.69) is 11.4 Å². The molecule has 16 heavy (non-hydrogen) atoms. The molecule has 1 aromatic rings. The fraction of sp³-hybridized carbons (Fsp3) is 0.364. The van der Waals surface area contributed by atoms with Crippen molar-refractivity contribution in [1.29, 1.82) is 5.26 Å². The van der Waals surface area contributed by atoms with Gasteiger partial charge in [0.05, 0.1) is 28.9 Å². The Morgan fingerprint density at radius 2 is 1.94 bits per heavy atom. The highest BCUT2D eigenvalue weighted by Crippen LogP contribution is 2.35. The van der Waals surface area contributed by atoms with E-state index in [1.165, 1.54) is 7.11 Å². The van der Waals surface area contributed by atoms with E-state index in [0.29, 0.717) is 21.5 Å². The number of ether oxygens (including phenoxy) is 1. The standard InChI is InChI=1S/C11H12Cl2N2O/c1-11(2,6-14)15-9-4-8(13)10(16-3)5-7(9)12/h4-5,15H,1-3H3. The lowest BCUT2D eigenvalue weighted by Gasteiger charge is -2.20. The molecule has 0 aliphatic carbocycles. The Balaban J connectivity index is 3.08. The van der Waals surface area contributed by atoms with Gasteiger partial charge >= 0.3 is 0 Å². The number of nitrogens with one attached hydrogen (secondary N) is 1. The van der Waals surface area contributed by atoms with Gasteiger partial charge in [-0.15, -0.1) is 0 Å². The van der Waals surface area contributed by atoms with Crippen LogP contribution in [0.5, 0.6) is 5.75 Å². The van der Waals surface area contributed by atoms with Crippen LogP contribution in [0.25, 0.3) is 0 Å². The average Bonchev–Trinajstić information content (AvgIpc) is 2.22. The molecule has 0 bridgehead atoms. The van der Waals surface area contributed by atoms with Crippen molar-refractivity contribution in [2.45, 2.75) is 19.4 Å². The highest BCUT2D eigenvalue weighted by molar-refractivity contribution is 6.36. The predicted octanol–water partition coefficient (Wildman–Crippen LogP) is 3.72. The van der Waals surface area contributed by atoms with Gasteiger partial charge in [-0.05, 0) is 19.9 Å². The van der Waals surface area contributed by atoms with Crippen molar-refractivity contribution in [3.63, 3.8) is 0 Å². The topological polar surface area (TPSA) is 45.0 Å². The van der Waals surface area contributed by atoms with E-state index in [-0.39, 0.29) is 0 Å². The van der Waals surface area contributed by atoms with Gasteiger partial charge in [-0.3, -0.25) is 0 Å². The second-order valence-electron chi connectivity index (χ2n) is 3.83. The van der Waals surface area contributed by atoms with Crippen molar-refractivity contribution < 1.29 is 4.74 Å². The van der Waals surface area contributed by atoms with Crippen molar-refractivity contribution in [3.8, 4) is 11.8 Å². The normalized spacial score (nSPS) is 10.8. The number of methoxy groups -OCH3 is 1. The minimum absolute atomic E-state index is 0.447. The molecule has 0 atom stereocenters. The highest BCUT2D eigenvalue weighted by Gasteiger charge is 2.18. The molecular weight excluding hydrogens is 247 g/mol. The minimum atomic E-state index is -0.707. The van der Waals surface area contributed by atoms with Gasteiger partial charge in [-0.2, -0.15) is 5.26 Å². The van der Waals surface area contributed by atoms with Crippen LogP contribution in [-0.4, -0.2) is 12.6 Å². The molecule has 86 valence electrons. The molecule has 0 aliphatic heterocycles. The monoisotopic (exact) mass is 258 g/mol. The number of hydrogen-bond acceptors (Lipinski definition) is 3. The van der Waals surface area contributed by atoms with Gasteiger partial charge in [-0.25, -0.2) is 0 Å². The number of hydrogen-bond donors (Lipinski definition) is 1. The van der Waals surface area contributed by atoms with Crippen LogP contribution in [0.15, 0.2) is 12.1 Å². The van der Waals surface area contributed by atoms with Crippen LogP contribution in [0.2, 0.25) is 10.0 Å². The van der Waals surface area contributed by atoms with Crippen molar-refractivity contribution in [2.24, 2.45) is 0 Å². The van der Waals surface area contributed by atoms with Crippen molar-refractivity contribution in [1.82, 2.24) is 0 Å². The van der Waals surface area contributed by atoms with Gasteiger partial charge < -0.3 is 10.1 Å². The quantitative estimate of drug-likeness (QED) is 0.899. The highest BCUT2D eigenvalue weighted by atomic mass is 35.5. The van der Waals surface area contributed by atoms with Gasteiger partial charge in [0, 0.05) is 6.07 Å². The molecular formula is C11H12Cl2N2O. The average molecular weight is 259 g/mol. The maximum atomic E-state index is 8.90. The van der Waals surface area contributed by atoms with Crippen LogP contribution in [0.3, 0.4) is 0 Å². The molecule has 0 radical (unpaired) electrons. The van der Waals surface area contributed by atoms with Gasteiger partial charge in [-0.1, -0.05) is 23.2 Å². The first kappa shape index (κ1) is 13.0. The molecule has 0 fully saturated rings. The Kier molecular flexibility index (Phi) is 3.90. The molecule has 5 heteroatoms. The molecule has 0 heterocycles. The first-order valence-corrected chi connectivity index (χ1v) is 5.37. The molecule has 1 N–H and O–H groups in total. The second-order valence-corrected chi connectivity index (χ2v) is 4.64. The summed E-state index contributed by atoms with van der Waals surface area (Å²) in [5, 5.41) is 12.8. The summed E-state index contributed by atoms with van der Waals surface area (Å²) in [7, 11) is 1.52. The molecule has 0 aromatic heterocycles. The third-order valence-corrected chi connectivity index (χ3v) is 2.58. The molecule has 0 saturated carbocycles. The molecule has 0 aliphatic rings. The summed E-state index contributed by atoms with van der Waals surface area (Å²) in [6, 6.07) is 5.37. The third-order valence-electron chi connectivity index (χ3n) is 1.97. The summed E-state index contributed by atoms with van der Waals surface area (Å²) >= 11 is 12.0. The van der Waals surface area contributed by atoms with E-state index in [9.17, 15) is 0 Å². The predicted molar refractivity (Wildman–Crippen MR) is 66.3 cm³/mol. The maximum absolute atomic E-state index is 8.90. The maximum Gasteiger partial charge on any atom is 0.139 e. The Hall–Kier alpha value is -1.11. The van der Waals surface area contributed by atoms with E-state index >= 15 is 0 Å². The van der Waals surface area contributed by atoms with Gasteiger partial charge in [0.2, 0.25) is 0 Å². The van der Waals surface area contributed by atoms with E-state index in [0.717, 1.165) is 0 Å². The van der Waals surface area contributed by atoms with Crippen molar-refractivity contribution in [3.05, 3.63) is 22.2 Å². The Bertz CT molecular complexity index is 438. The first-order chi connectivity index (χ1) is 7.39. The molecule has 3 nitrogen and oxygen atoms in total. The number of nitrogens with zero attached hydrogens (tertiary/aromatic N) is 1. The molecule has 0 amide bonds. The zero-order valence-corrected chi connectivity index (χ0v) is 10.8. The van der Waals surface area contributed by atoms with E-state index in [4.69, 9.17) is 33.2 Å². The van der Waals surface area contributed by atoms with Gasteiger partial charge in [0.1, 0.15) is 11.3 Å². The minimum Gasteiger partial charge on any atom is -0.495 e. The summed E-state index contributed by atoms with van der Waals surface area (Å²) in [5.41, 5.74) is -0.0966. The zero-order valence-electron chi connectivity index (χ0n) is 9.27. The van der Waals surface area contributed by atoms with E-state index in [1.54, 1.807) is 26.0 Å². The van der Waals surface area contributed by atoms with Crippen LogP contribution in [0, 0.1) is 11.3 Å². The first-order valence-electron chi connectivity index (χ1n) is 4.62. The third kappa shape index (κ3) is 2.94. The number of rotatable bonds is 3. The van der Waals surface area contributed by atoms with Crippen LogP contribution < -0.4 is 10.1 Å². The number of anilines is 1. The number of halogens is 2. The van der Waals surface area contributed by atoms with E-state index < -0.39 is 5.54 Å². The lowest BCUT2D eigenvalue weighted by molar-refractivity contribution is 0.415. The van der Waals surface area contributed by atoms with Gasteiger partial charge in [0.15, 0.2) is 0 Å². The summed E-state index contributed by atoms with van der Waals surface area (Å²) in [6.45, 7) is 3.50. The fourth-order valence-corrected chi connectivity index (χ4v) is 1.59. The lowest BCUT2D eigenvalue weighted by Crippen LogP contribution is -2.28. The number of nitriles is 1.